The first-order chi connectivity index (χ1) is 17.3. The van der Waals surface area contributed by atoms with Crippen LogP contribution in [0.5, 0.6) is 0 Å². The van der Waals surface area contributed by atoms with Gasteiger partial charge in [0.25, 0.3) is 0 Å². The first kappa shape index (κ1) is 19.6. The summed E-state index contributed by atoms with van der Waals surface area (Å²) >= 11 is 0. The quantitative estimate of drug-likeness (QED) is 0.275. The average molecular weight is 450 g/mol. The van der Waals surface area contributed by atoms with E-state index in [0.717, 1.165) is 44.4 Å². The molecule has 5 aromatic carbocycles. The molecule has 2 aromatic heterocycles. The lowest BCUT2D eigenvalue weighted by Gasteiger charge is -2.08. The van der Waals surface area contributed by atoms with Crippen LogP contribution in [0.3, 0.4) is 0 Å². The minimum absolute atomic E-state index is 0.664. The van der Waals surface area contributed by atoms with Crippen molar-refractivity contribution in [2.75, 3.05) is 0 Å². The molecule has 0 saturated carbocycles. The zero-order valence-corrected chi connectivity index (χ0v) is 18.7. The number of hydrogen-bond donors (Lipinski definition) is 0. The largest absolute Gasteiger partial charge is 0.455 e. The van der Waals surface area contributed by atoms with Gasteiger partial charge in [-0.2, -0.15) is 0 Å². The van der Waals surface area contributed by atoms with E-state index in [-0.39, 0.29) is 0 Å². The second-order valence-corrected chi connectivity index (χ2v) is 8.57. The van der Waals surface area contributed by atoms with Crippen molar-refractivity contribution in [2.45, 2.75) is 0 Å². The minimum Gasteiger partial charge on any atom is -0.455 e. The van der Waals surface area contributed by atoms with Crippen molar-refractivity contribution in [1.29, 1.82) is 0 Å². The van der Waals surface area contributed by atoms with Crippen LogP contribution in [0, 0.1) is 0 Å². The lowest BCUT2D eigenvalue weighted by Crippen LogP contribution is -1.89. The van der Waals surface area contributed by atoms with Crippen LogP contribution < -0.4 is 0 Å². The lowest BCUT2D eigenvalue weighted by atomic mass is 9.96. The Balaban J connectivity index is 1.39. The van der Waals surface area contributed by atoms with Gasteiger partial charge in [-0.3, -0.25) is 0 Å². The third kappa shape index (κ3) is 3.27. The first-order valence-electron chi connectivity index (χ1n) is 11.5. The van der Waals surface area contributed by atoms with Crippen LogP contribution in [0.4, 0.5) is 0 Å². The molecule has 2 heterocycles. The van der Waals surface area contributed by atoms with Gasteiger partial charge >= 0.3 is 0 Å². The molecular formula is C31H19N3O. The van der Waals surface area contributed by atoms with E-state index in [1.54, 1.807) is 0 Å². The van der Waals surface area contributed by atoms with E-state index < -0.39 is 0 Å². The molecule has 0 spiro atoms. The Kier molecular flexibility index (Phi) is 4.42. The number of aromatic nitrogens is 3. The molecule has 0 N–H and O–H groups in total. The summed E-state index contributed by atoms with van der Waals surface area (Å²) in [5, 5.41) is 4.73. The van der Waals surface area contributed by atoms with E-state index in [1.165, 1.54) is 28.8 Å². The van der Waals surface area contributed by atoms with E-state index in [4.69, 9.17) is 4.42 Å². The summed E-state index contributed by atoms with van der Waals surface area (Å²) in [6, 6.07) is 35.9. The number of nitrogens with zero attached hydrogens (tertiary/aromatic N) is 3. The van der Waals surface area contributed by atoms with Gasteiger partial charge in [0.15, 0.2) is 5.82 Å². The van der Waals surface area contributed by atoms with E-state index in [9.17, 15) is 0 Å². The SMILES string of the molecule is c1cc(-c2cccc(-c3cccc4c3oc3ccc5ccccc5c34)c2)cc(-c2ncncn2)c1. The van der Waals surface area contributed by atoms with E-state index in [0.29, 0.717) is 5.82 Å². The van der Waals surface area contributed by atoms with Gasteiger partial charge in [-0.05, 0) is 45.7 Å². The molecule has 0 unspecified atom stereocenters. The number of benzene rings is 5. The Bertz CT molecular complexity index is 1850. The Morgan fingerprint density at radius 1 is 0.543 bits per heavy atom. The second kappa shape index (κ2) is 7.89. The smallest absolute Gasteiger partial charge is 0.162 e. The van der Waals surface area contributed by atoms with Gasteiger partial charge in [0.2, 0.25) is 0 Å². The van der Waals surface area contributed by atoms with Crippen molar-refractivity contribution in [3.63, 3.8) is 0 Å². The third-order valence-corrected chi connectivity index (χ3v) is 6.51. The molecule has 0 bridgehead atoms. The fourth-order valence-electron chi connectivity index (χ4n) is 4.89. The zero-order valence-electron chi connectivity index (χ0n) is 18.7. The fraction of sp³-hybridized carbons (Fsp3) is 0. The third-order valence-electron chi connectivity index (χ3n) is 6.51. The molecule has 0 saturated heterocycles. The van der Waals surface area contributed by atoms with Crippen LogP contribution in [0.1, 0.15) is 0 Å². The summed E-state index contributed by atoms with van der Waals surface area (Å²) in [7, 11) is 0. The molecule has 4 heteroatoms. The molecule has 164 valence electrons. The summed E-state index contributed by atoms with van der Waals surface area (Å²) in [5.74, 6) is 0.664. The molecule has 35 heavy (non-hydrogen) atoms. The molecule has 0 atom stereocenters. The van der Waals surface area contributed by atoms with Crippen LogP contribution in [0.2, 0.25) is 0 Å². The molecule has 7 rings (SSSR count). The molecule has 0 aliphatic heterocycles. The van der Waals surface area contributed by atoms with Gasteiger partial charge in [-0.15, -0.1) is 0 Å². The molecule has 0 aliphatic carbocycles. The molecule has 0 amide bonds. The Morgan fingerprint density at radius 2 is 1.23 bits per heavy atom. The highest BCUT2D eigenvalue weighted by Gasteiger charge is 2.15. The molecule has 0 aliphatic rings. The number of rotatable bonds is 3. The number of furan rings is 1. The summed E-state index contributed by atoms with van der Waals surface area (Å²) in [6.07, 6.45) is 3.04. The Hall–Kier alpha value is -4.83. The molecule has 7 aromatic rings. The van der Waals surface area contributed by atoms with Gasteiger partial charge in [-0.1, -0.05) is 84.9 Å². The zero-order chi connectivity index (χ0) is 23.2. The van der Waals surface area contributed by atoms with Crippen molar-refractivity contribution in [3.8, 4) is 33.6 Å². The summed E-state index contributed by atoms with van der Waals surface area (Å²) in [4.78, 5) is 12.5. The fourth-order valence-corrected chi connectivity index (χ4v) is 4.89. The van der Waals surface area contributed by atoms with Crippen molar-refractivity contribution >= 4 is 32.7 Å². The number of hydrogen-bond acceptors (Lipinski definition) is 4. The highest BCUT2D eigenvalue weighted by molar-refractivity contribution is 6.20. The minimum atomic E-state index is 0.664. The average Bonchev–Trinajstić information content (AvgIpc) is 3.33. The van der Waals surface area contributed by atoms with Crippen molar-refractivity contribution in [1.82, 2.24) is 15.0 Å². The van der Waals surface area contributed by atoms with Crippen molar-refractivity contribution < 1.29 is 4.42 Å². The number of fused-ring (bicyclic) bond motifs is 5. The van der Waals surface area contributed by atoms with Gasteiger partial charge in [-0.25, -0.2) is 15.0 Å². The highest BCUT2D eigenvalue weighted by atomic mass is 16.3. The normalized spacial score (nSPS) is 11.4. The van der Waals surface area contributed by atoms with Crippen LogP contribution >= 0.6 is 0 Å². The number of para-hydroxylation sites is 1. The van der Waals surface area contributed by atoms with Crippen LogP contribution in [-0.4, -0.2) is 15.0 Å². The lowest BCUT2D eigenvalue weighted by molar-refractivity contribution is 0.670. The maximum Gasteiger partial charge on any atom is 0.162 e. The maximum absolute atomic E-state index is 6.45. The van der Waals surface area contributed by atoms with Crippen LogP contribution in [0.15, 0.2) is 120 Å². The monoisotopic (exact) mass is 449 g/mol. The maximum atomic E-state index is 6.45. The van der Waals surface area contributed by atoms with Crippen molar-refractivity contribution in [3.05, 3.63) is 116 Å². The van der Waals surface area contributed by atoms with E-state index in [1.807, 2.05) is 12.1 Å². The predicted molar refractivity (Wildman–Crippen MR) is 141 cm³/mol. The van der Waals surface area contributed by atoms with Crippen LogP contribution in [0.25, 0.3) is 66.4 Å². The van der Waals surface area contributed by atoms with Gasteiger partial charge < -0.3 is 4.42 Å². The molecule has 0 fully saturated rings. The van der Waals surface area contributed by atoms with Crippen LogP contribution in [-0.2, 0) is 0 Å². The summed E-state index contributed by atoms with van der Waals surface area (Å²) in [5.41, 5.74) is 7.20. The second-order valence-electron chi connectivity index (χ2n) is 8.57. The highest BCUT2D eigenvalue weighted by Crippen LogP contribution is 2.39. The summed E-state index contributed by atoms with van der Waals surface area (Å²) in [6.45, 7) is 0. The van der Waals surface area contributed by atoms with Crippen molar-refractivity contribution in [2.24, 2.45) is 0 Å². The Morgan fingerprint density at radius 3 is 2.09 bits per heavy atom. The van der Waals surface area contributed by atoms with Gasteiger partial charge in [0.05, 0.1) is 0 Å². The summed E-state index contributed by atoms with van der Waals surface area (Å²) < 4.78 is 6.45. The predicted octanol–water partition coefficient (Wildman–Crippen LogP) is 7.93. The standard InChI is InChI=1S/C31H19N3O/c1-2-11-25-20(6-1)14-15-28-29(25)27-13-5-12-26(30(27)35-28)23-9-3-7-21(16-23)22-8-4-10-24(17-22)31-33-18-32-19-34-31/h1-19H. The molecular weight excluding hydrogens is 430 g/mol. The Labute approximate surface area is 201 Å². The van der Waals surface area contributed by atoms with Gasteiger partial charge in [0.1, 0.15) is 23.8 Å². The van der Waals surface area contributed by atoms with Gasteiger partial charge in [0, 0.05) is 21.9 Å². The van der Waals surface area contributed by atoms with E-state index >= 15 is 0 Å². The first-order valence-corrected chi connectivity index (χ1v) is 11.5. The molecule has 0 radical (unpaired) electrons. The van der Waals surface area contributed by atoms with E-state index in [2.05, 4.69) is 106 Å². The topological polar surface area (TPSA) is 51.8 Å². The molecule has 4 nitrogen and oxygen atoms in total.